The lowest BCUT2D eigenvalue weighted by molar-refractivity contribution is -0.141. The van der Waals surface area contributed by atoms with Gasteiger partial charge in [-0.3, -0.25) is 9.69 Å². The number of aliphatic carboxylic acids is 1. The standard InChI is InChI=1S/C15H23NO3/c1-5-16(9-11(3)15(18)19)12(4)13-8-10(2)6-7-14(13)17/h6-8,11-12,17H,5,9H2,1-4H3,(H,18,19). The average molecular weight is 265 g/mol. The van der Waals surface area contributed by atoms with Gasteiger partial charge in [-0.25, -0.2) is 0 Å². The molecule has 2 atom stereocenters. The number of carbonyl (C=O) groups is 1. The Morgan fingerprint density at radius 2 is 2.00 bits per heavy atom. The maximum absolute atomic E-state index is 11.0. The molecule has 19 heavy (non-hydrogen) atoms. The zero-order chi connectivity index (χ0) is 14.6. The number of phenolic OH excluding ortho intramolecular Hbond substituents is 1. The largest absolute Gasteiger partial charge is 0.508 e. The van der Waals surface area contributed by atoms with E-state index in [4.69, 9.17) is 5.11 Å². The molecule has 2 N–H and O–H groups in total. The third kappa shape index (κ3) is 3.96. The smallest absolute Gasteiger partial charge is 0.307 e. The molecule has 106 valence electrons. The molecule has 1 aromatic rings. The second-order valence-corrected chi connectivity index (χ2v) is 5.07. The summed E-state index contributed by atoms with van der Waals surface area (Å²) in [6.45, 7) is 8.89. The van der Waals surface area contributed by atoms with Crippen molar-refractivity contribution in [3.8, 4) is 5.75 Å². The second kappa shape index (κ2) is 6.57. The zero-order valence-corrected chi connectivity index (χ0v) is 12.1. The van der Waals surface area contributed by atoms with Crippen LogP contribution in [0.25, 0.3) is 0 Å². The summed E-state index contributed by atoms with van der Waals surface area (Å²) in [5.41, 5.74) is 1.93. The summed E-state index contributed by atoms with van der Waals surface area (Å²) in [5, 5.41) is 19.0. The molecular formula is C15H23NO3. The first kappa shape index (κ1) is 15.5. The monoisotopic (exact) mass is 265 g/mol. The molecule has 0 aliphatic carbocycles. The van der Waals surface area contributed by atoms with Gasteiger partial charge in [-0.05, 0) is 26.5 Å². The van der Waals surface area contributed by atoms with E-state index < -0.39 is 11.9 Å². The Hall–Kier alpha value is -1.55. The molecule has 1 rings (SSSR count). The maximum atomic E-state index is 11.0. The number of carboxylic acid groups (broad SMARTS) is 1. The molecule has 0 aliphatic heterocycles. The van der Waals surface area contributed by atoms with Gasteiger partial charge < -0.3 is 10.2 Å². The maximum Gasteiger partial charge on any atom is 0.307 e. The SMILES string of the molecule is CCN(CC(C)C(=O)O)C(C)c1cc(C)ccc1O. The van der Waals surface area contributed by atoms with Crippen LogP contribution in [0, 0.1) is 12.8 Å². The van der Waals surface area contributed by atoms with Crippen LogP contribution in [-0.4, -0.2) is 34.2 Å². The van der Waals surface area contributed by atoms with Crippen molar-refractivity contribution >= 4 is 5.97 Å². The van der Waals surface area contributed by atoms with Gasteiger partial charge in [0.15, 0.2) is 0 Å². The van der Waals surface area contributed by atoms with Crippen molar-refractivity contribution in [1.82, 2.24) is 4.90 Å². The molecular weight excluding hydrogens is 242 g/mol. The highest BCUT2D eigenvalue weighted by atomic mass is 16.4. The Balaban J connectivity index is 2.91. The number of carboxylic acids is 1. The first-order chi connectivity index (χ1) is 8.86. The van der Waals surface area contributed by atoms with Gasteiger partial charge in [0.05, 0.1) is 5.92 Å². The van der Waals surface area contributed by atoms with E-state index in [9.17, 15) is 9.90 Å². The fourth-order valence-corrected chi connectivity index (χ4v) is 2.20. The van der Waals surface area contributed by atoms with Gasteiger partial charge in [-0.1, -0.05) is 31.5 Å². The fraction of sp³-hybridized carbons (Fsp3) is 0.533. The highest BCUT2D eigenvalue weighted by molar-refractivity contribution is 5.69. The Kier molecular flexibility index (Phi) is 5.36. The molecule has 4 nitrogen and oxygen atoms in total. The van der Waals surface area contributed by atoms with Crippen LogP contribution in [0.3, 0.4) is 0 Å². The number of rotatable bonds is 6. The summed E-state index contributed by atoms with van der Waals surface area (Å²) in [7, 11) is 0. The van der Waals surface area contributed by atoms with Gasteiger partial charge in [-0.15, -0.1) is 0 Å². The van der Waals surface area contributed by atoms with E-state index >= 15 is 0 Å². The first-order valence-electron chi connectivity index (χ1n) is 6.63. The molecule has 2 unspecified atom stereocenters. The topological polar surface area (TPSA) is 60.8 Å². The van der Waals surface area contributed by atoms with Gasteiger partial charge in [0, 0.05) is 18.2 Å². The summed E-state index contributed by atoms with van der Waals surface area (Å²) in [5.74, 6) is -0.951. The number of benzene rings is 1. The minimum absolute atomic E-state index is 0.00769. The summed E-state index contributed by atoms with van der Waals surface area (Å²) in [6, 6.07) is 5.50. The number of nitrogens with zero attached hydrogens (tertiary/aromatic N) is 1. The van der Waals surface area contributed by atoms with Crippen molar-refractivity contribution in [3.05, 3.63) is 29.3 Å². The van der Waals surface area contributed by atoms with Crippen molar-refractivity contribution in [2.24, 2.45) is 5.92 Å². The Bertz CT molecular complexity index is 445. The number of hydrogen-bond acceptors (Lipinski definition) is 3. The molecule has 0 amide bonds. The highest BCUT2D eigenvalue weighted by Gasteiger charge is 2.22. The number of aryl methyl sites for hydroxylation is 1. The lowest BCUT2D eigenvalue weighted by Gasteiger charge is -2.30. The van der Waals surface area contributed by atoms with Crippen LogP contribution in [0.5, 0.6) is 5.75 Å². The molecule has 0 spiro atoms. The van der Waals surface area contributed by atoms with Crippen molar-refractivity contribution in [2.45, 2.75) is 33.7 Å². The molecule has 0 saturated carbocycles. The summed E-state index contributed by atoms with van der Waals surface area (Å²) >= 11 is 0. The van der Waals surface area contributed by atoms with Crippen LogP contribution < -0.4 is 0 Å². The van der Waals surface area contributed by atoms with Crippen molar-refractivity contribution in [2.75, 3.05) is 13.1 Å². The predicted octanol–water partition coefficient (Wildman–Crippen LogP) is 2.80. The van der Waals surface area contributed by atoms with E-state index in [1.807, 2.05) is 32.9 Å². The van der Waals surface area contributed by atoms with E-state index in [-0.39, 0.29) is 11.8 Å². The zero-order valence-electron chi connectivity index (χ0n) is 12.1. The molecule has 0 radical (unpaired) electrons. The van der Waals surface area contributed by atoms with Gasteiger partial charge in [0.25, 0.3) is 0 Å². The molecule has 4 heteroatoms. The third-order valence-electron chi connectivity index (χ3n) is 3.52. The van der Waals surface area contributed by atoms with Crippen LogP contribution in [0.2, 0.25) is 0 Å². The molecule has 1 aromatic carbocycles. The summed E-state index contributed by atoms with van der Waals surface area (Å²) in [6.07, 6.45) is 0. The van der Waals surface area contributed by atoms with Crippen molar-refractivity contribution in [3.63, 3.8) is 0 Å². The van der Waals surface area contributed by atoms with Crippen molar-refractivity contribution in [1.29, 1.82) is 0 Å². The number of phenols is 1. The normalized spacial score (nSPS) is 14.4. The van der Waals surface area contributed by atoms with E-state index in [0.29, 0.717) is 6.54 Å². The minimum atomic E-state index is -0.792. The van der Waals surface area contributed by atoms with Gasteiger partial charge in [0.2, 0.25) is 0 Å². The van der Waals surface area contributed by atoms with Gasteiger partial charge in [-0.2, -0.15) is 0 Å². The highest BCUT2D eigenvalue weighted by Crippen LogP contribution is 2.29. The Morgan fingerprint density at radius 1 is 1.37 bits per heavy atom. The van der Waals surface area contributed by atoms with E-state index in [1.54, 1.807) is 13.0 Å². The van der Waals surface area contributed by atoms with Crippen molar-refractivity contribution < 1.29 is 15.0 Å². The predicted molar refractivity (Wildman–Crippen MR) is 75.3 cm³/mol. The molecule has 0 saturated heterocycles. The van der Waals surface area contributed by atoms with Crippen LogP contribution in [0.15, 0.2) is 18.2 Å². The molecule has 0 fully saturated rings. The number of aromatic hydroxyl groups is 1. The molecule has 0 bridgehead atoms. The van der Waals surface area contributed by atoms with Gasteiger partial charge >= 0.3 is 5.97 Å². The summed E-state index contributed by atoms with van der Waals surface area (Å²) < 4.78 is 0. The lowest BCUT2D eigenvalue weighted by atomic mass is 10.0. The van der Waals surface area contributed by atoms with E-state index in [1.165, 1.54) is 0 Å². The molecule has 0 aromatic heterocycles. The van der Waals surface area contributed by atoms with Crippen LogP contribution in [0.1, 0.15) is 37.9 Å². The fourth-order valence-electron chi connectivity index (χ4n) is 2.20. The Morgan fingerprint density at radius 3 is 2.53 bits per heavy atom. The average Bonchev–Trinajstić information content (AvgIpc) is 2.37. The van der Waals surface area contributed by atoms with Crippen LogP contribution in [-0.2, 0) is 4.79 Å². The second-order valence-electron chi connectivity index (χ2n) is 5.07. The van der Waals surface area contributed by atoms with E-state index in [0.717, 1.165) is 17.7 Å². The Labute approximate surface area is 114 Å². The third-order valence-corrected chi connectivity index (χ3v) is 3.52. The van der Waals surface area contributed by atoms with Gasteiger partial charge in [0.1, 0.15) is 5.75 Å². The quantitative estimate of drug-likeness (QED) is 0.830. The minimum Gasteiger partial charge on any atom is -0.508 e. The van der Waals surface area contributed by atoms with Crippen LogP contribution in [0.4, 0.5) is 0 Å². The van der Waals surface area contributed by atoms with E-state index in [2.05, 4.69) is 4.90 Å². The van der Waals surface area contributed by atoms with Crippen LogP contribution >= 0.6 is 0 Å². The first-order valence-corrected chi connectivity index (χ1v) is 6.63. The lowest BCUT2D eigenvalue weighted by Crippen LogP contribution is -2.34. The summed E-state index contributed by atoms with van der Waals surface area (Å²) in [4.78, 5) is 13.0. The molecule has 0 aliphatic rings. The molecule has 0 heterocycles. The number of hydrogen-bond donors (Lipinski definition) is 2.